The Morgan fingerprint density at radius 2 is 2.13 bits per heavy atom. The standard InChI is InChI=1S/C17H17ClN2O3/c18-14-3-1-2-12(6-14)13-7-15(9-19-8-13)23-11-17(4-5-17)10-20-16(21)22/h1-3,6-9,20H,4-5,10-11H2,(H,21,22). The fraction of sp³-hybridized carbons (Fsp3) is 0.294. The summed E-state index contributed by atoms with van der Waals surface area (Å²) in [6, 6.07) is 9.47. The summed E-state index contributed by atoms with van der Waals surface area (Å²) in [5.41, 5.74) is 1.83. The van der Waals surface area contributed by atoms with Crippen molar-refractivity contribution in [1.29, 1.82) is 0 Å². The maximum absolute atomic E-state index is 10.6. The van der Waals surface area contributed by atoms with Gasteiger partial charge in [0.25, 0.3) is 0 Å². The number of halogens is 1. The molecule has 120 valence electrons. The van der Waals surface area contributed by atoms with Crippen molar-refractivity contribution in [2.75, 3.05) is 13.2 Å². The van der Waals surface area contributed by atoms with Crippen LogP contribution in [0.25, 0.3) is 11.1 Å². The molecule has 0 bridgehead atoms. The summed E-state index contributed by atoms with van der Waals surface area (Å²) in [5.74, 6) is 0.670. The Labute approximate surface area is 139 Å². The molecular weight excluding hydrogens is 316 g/mol. The molecule has 1 aromatic heterocycles. The first-order valence-electron chi connectivity index (χ1n) is 7.37. The van der Waals surface area contributed by atoms with E-state index >= 15 is 0 Å². The lowest BCUT2D eigenvalue weighted by atomic mass is 10.1. The topological polar surface area (TPSA) is 71.5 Å². The predicted molar refractivity (Wildman–Crippen MR) is 87.9 cm³/mol. The Bertz CT molecular complexity index is 716. The van der Waals surface area contributed by atoms with Gasteiger partial charge in [-0.25, -0.2) is 4.79 Å². The minimum atomic E-state index is -0.999. The molecule has 1 heterocycles. The Kier molecular flexibility index (Phi) is 4.39. The van der Waals surface area contributed by atoms with Gasteiger partial charge in [-0.05, 0) is 36.6 Å². The van der Waals surface area contributed by atoms with Crippen molar-refractivity contribution in [3.63, 3.8) is 0 Å². The summed E-state index contributed by atoms with van der Waals surface area (Å²) in [6.45, 7) is 0.901. The molecular formula is C17H17ClN2O3. The molecule has 0 atom stereocenters. The zero-order valence-electron chi connectivity index (χ0n) is 12.5. The molecule has 1 saturated carbocycles. The van der Waals surface area contributed by atoms with Crippen molar-refractivity contribution < 1.29 is 14.6 Å². The molecule has 5 nitrogen and oxygen atoms in total. The number of rotatable bonds is 6. The highest BCUT2D eigenvalue weighted by Crippen LogP contribution is 2.45. The van der Waals surface area contributed by atoms with E-state index < -0.39 is 6.09 Å². The van der Waals surface area contributed by atoms with Crippen molar-refractivity contribution in [2.45, 2.75) is 12.8 Å². The Morgan fingerprint density at radius 3 is 2.83 bits per heavy atom. The van der Waals surface area contributed by atoms with Crippen LogP contribution in [0.2, 0.25) is 5.02 Å². The van der Waals surface area contributed by atoms with Crippen LogP contribution in [-0.4, -0.2) is 29.3 Å². The molecule has 0 radical (unpaired) electrons. The molecule has 0 saturated heterocycles. The molecule has 1 amide bonds. The van der Waals surface area contributed by atoms with E-state index in [1.807, 2.05) is 30.3 Å². The largest absolute Gasteiger partial charge is 0.491 e. The van der Waals surface area contributed by atoms with Gasteiger partial charge >= 0.3 is 6.09 Å². The number of hydrogen-bond donors (Lipinski definition) is 2. The number of benzene rings is 1. The van der Waals surface area contributed by atoms with Gasteiger partial charge in [-0.15, -0.1) is 0 Å². The average Bonchev–Trinajstić information content (AvgIpc) is 3.32. The highest BCUT2D eigenvalue weighted by molar-refractivity contribution is 6.30. The van der Waals surface area contributed by atoms with E-state index in [4.69, 9.17) is 21.4 Å². The molecule has 1 aliphatic carbocycles. The first-order valence-corrected chi connectivity index (χ1v) is 7.75. The van der Waals surface area contributed by atoms with Gasteiger partial charge in [0.2, 0.25) is 0 Å². The summed E-state index contributed by atoms with van der Waals surface area (Å²) in [4.78, 5) is 14.8. The van der Waals surface area contributed by atoms with Crippen LogP contribution in [0.5, 0.6) is 5.75 Å². The van der Waals surface area contributed by atoms with Crippen LogP contribution in [0.15, 0.2) is 42.7 Å². The summed E-state index contributed by atoms with van der Waals surface area (Å²) in [5, 5.41) is 11.8. The van der Waals surface area contributed by atoms with Crippen LogP contribution >= 0.6 is 11.6 Å². The fourth-order valence-corrected chi connectivity index (χ4v) is 2.56. The lowest BCUT2D eigenvalue weighted by Crippen LogP contribution is -2.31. The van der Waals surface area contributed by atoms with E-state index in [0.717, 1.165) is 24.0 Å². The minimum absolute atomic E-state index is 0.0789. The monoisotopic (exact) mass is 332 g/mol. The zero-order valence-corrected chi connectivity index (χ0v) is 13.2. The van der Waals surface area contributed by atoms with Gasteiger partial charge in [0.15, 0.2) is 0 Å². The quantitative estimate of drug-likeness (QED) is 0.843. The van der Waals surface area contributed by atoms with Crippen molar-refractivity contribution in [3.8, 4) is 16.9 Å². The van der Waals surface area contributed by atoms with Crippen LogP contribution in [0.3, 0.4) is 0 Å². The number of nitrogens with zero attached hydrogens (tertiary/aromatic N) is 1. The lowest BCUT2D eigenvalue weighted by Gasteiger charge is -2.16. The number of pyridine rings is 1. The van der Waals surface area contributed by atoms with Crippen LogP contribution in [-0.2, 0) is 0 Å². The van der Waals surface area contributed by atoms with Gasteiger partial charge in [0.05, 0.1) is 12.8 Å². The van der Waals surface area contributed by atoms with Crippen LogP contribution < -0.4 is 10.1 Å². The van der Waals surface area contributed by atoms with E-state index in [2.05, 4.69) is 10.3 Å². The molecule has 1 aliphatic rings. The van der Waals surface area contributed by atoms with Gasteiger partial charge in [-0.3, -0.25) is 4.98 Å². The predicted octanol–water partition coefficient (Wildman–Crippen LogP) is 3.83. The molecule has 23 heavy (non-hydrogen) atoms. The van der Waals surface area contributed by atoms with Crippen molar-refractivity contribution in [2.24, 2.45) is 5.41 Å². The molecule has 0 aliphatic heterocycles. The Morgan fingerprint density at radius 1 is 1.30 bits per heavy atom. The van der Waals surface area contributed by atoms with E-state index in [9.17, 15) is 4.79 Å². The average molecular weight is 333 g/mol. The van der Waals surface area contributed by atoms with Gasteiger partial charge in [0, 0.05) is 28.7 Å². The zero-order chi connectivity index (χ0) is 16.3. The molecule has 1 fully saturated rings. The summed E-state index contributed by atoms with van der Waals surface area (Å²) >= 11 is 6.02. The SMILES string of the molecule is O=C(O)NCC1(COc2cncc(-c3cccc(Cl)c3)c2)CC1. The van der Waals surface area contributed by atoms with E-state index in [1.165, 1.54) is 0 Å². The van der Waals surface area contributed by atoms with Crippen LogP contribution in [0.1, 0.15) is 12.8 Å². The van der Waals surface area contributed by atoms with Gasteiger partial charge < -0.3 is 15.2 Å². The number of hydrogen-bond acceptors (Lipinski definition) is 3. The number of nitrogens with one attached hydrogen (secondary N) is 1. The normalized spacial score (nSPS) is 15.0. The molecule has 2 N–H and O–H groups in total. The number of amides is 1. The molecule has 2 aromatic rings. The second kappa shape index (κ2) is 6.46. The molecule has 1 aromatic carbocycles. The molecule has 0 spiro atoms. The van der Waals surface area contributed by atoms with Crippen LogP contribution in [0, 0.1) is 5.41 Å². The van der Waals surface area contributed by atoms with Crippen LogP contribution in [0.4, 0.5) is 4.79 Å². The molecule has 3 rings (SSSR count). The van der Waals surface area contributed by atoms with Gasteiger partial charge in [-0.2, -0.15) is 0 Å². The summed E-state index contributed by atoms with van der Waals surface area (Å²) in [7, 11) is 0. The summed E-state index contributed by atoms with van der Waals surface area (Å²) in [6.07, 6.45) is 4.36. The second-order valence-electron chi connectivity index (χ2n) is 5.87. The first-order chi connectivity index (χ1) is 11.1. The maximum Gasteiger partial charge on any atom is 0.404 e. The molecule has 0 unspecified atom stereocenters. The third-order valence-electron chi connectivity index (χ3n) is 3.99. The third-order valence-corrected chi connectivity index (χ3v) is 4.22. The summed E-state index contributed by atoms with van der Waals surface area (Å²) < 4.78 is 5.83. The lowest BCUT2D eigenvalue weighted by molar-refractivity contribution is 0.184. The Balaban J connectivity index is 1.65. The fourth-order valence-electron chi connectivity index (χ4n) is 2.37. The van der Waals surface area contributed by atoms with E-state index in [0.29, 0.717) is 23.9 Å². The molecule has 6 heteroatoms. The third kappa shape index (κ3) is 4.13. The highest BCUT2D eigenvalue weighted by Gasteiger charge is 2.43. The van der Waals surface area contributed by atoms with Crippen molar-refractivity contribution in [3.05, 3.63) is 47.7 Å². The van der Waals surface area contributed by atoms with E-state index in [1.54, 1.807) is 12.4 Å². The van der Waals surface area contributed by atoms with Gasteiger partial charge in [0.1, 0.15) is 5.75 Å². The second-order valence-corrected chi connectivity index (χ2v) is 6.30. The smallest absolute Gasteiger partial charge is 0.404 e. The maximum atomic E-state index is 10.6. The number of aromatic nitrogens is 1. The number of carbonyl (C=O) groups is 1. The minimum Gasteiger partial charge on any atom is -0.491 e. The Hall–Kier alpha value is -2.27. The number of carboxylic acid groups (broad SMARTS) is 1. The van der Waals surface area contributed by atoms with Crippen molar-refractivity contribution >= 4 is 17.7 Å². The highest BCUT2D eigenvalue weighted by atomic mass is 35.5. The van der Waals surface area contributed by atoms with Gasteiger partial charge in [-0.1, -0.05) is 23.7 Å². The first kappa shape index (κ1) is 15.6. The van der Waals surface area contributed by atoms with Crippen molar-refractivity contribution in [1.82, 2.24) is 10.3 Å². The van der Waals surface area contributed by atoms with E-state index in [-0.39, 0.29) is 5.41 Å². The number of ether oxygens (including phenoxy) is 1.